The first kappa shape index (κ1) is 22.0. The minimum atomic E-state index is -1.05. The van der Waals surface area contributed by atoms with E-state index in [9.17, 15) is 14.4 Å². The lowest BCUT2D eigenvalue weighted by Crippen LogP contribution is -2.64. The number of hydrogen-bond acceptors (Lipinski definition) is 4. The number of hydrogen-bond donors (Lipinski definition) is 2. The first-order valence-electron chi connectivity index (χ1n) is 11.4. The zero-order chi connectivity index (χ0) is 22.9. The summed E-state index contributed by atoms with van der Waals surface area (Å²) in [7, 11) is 0. The topological polar surface area (TPSA) is 96.3 Å². The van der Waals surface area contributed by atoms with Crippen LogP contribution in [0.25, 0.3) is 0 Å². The van der Waals surface area contributed by atoms with Gasteiger partial charge in [-0.15, -0.1) is 0 Å². The maximum atomic E-state index is 13.2. The average Bonchev–Trinajstić information content (AvgIpc) is 3.42. The highest BCUT2D eigenvalue weighted by Gasteiger charge is 2.48. The summed E-state index contributed by atoms with van der Waals surface area (Å²) < 4.78 is 1.50. The van der Waals surface area contributed by atoms with Gasteiger partial charge in [-0.2, -0.15) is 5.10 Å². The van der Waals surface area contributed by atoms with Crippen molar-refractivity contribution in [1.29, 1.82) is 0 Å². The summed E-state index contributed by atoms with van der Waals surface area (Å²) in [5.41, 5.74) is 1.57. The van der Waals surface area contributed by atoms with Crippen molar-refractivity contribution in [2.75, 3.05) is 6.54 Å². The fourth-order valence-corrected chi connectivity index (χ4v) is 4.75. The molecular formula is C24H31N5O3. The molecule has 0 bridgehead atoms. The molecule has 1 fully saturated rings. The highest BCUT2D eigenvalue weighted by molar-refractivity contribution is 6.01. The molecule has 2 heterocycles. The third-order valence-corrected chi connectivity index (χ3v) is 6.56. The largest absolute Gasteiger partial charge is 0.351 e. The minimum absolute atomic E-state index is 0.161. The molecule has 170 valence electrons. The smallest absolute Gasteiger partial charge is 0.273 e. The molecule has 2 aliphatic rings. The van der Waals surface area contributed by atoms with Crippen molar-refractivity contribution in [1.82, 2.24) is 25.3 Å². The molecule has 1 aromatic heterocycles. The quantitative estimate of drug-likeness (QED) is 0.725. The van der Waals surface area contributed by atoms with E-state index < -0.39 is 5.54 Å². The van der Waals surface area contributed by atoms with Gasteiger partial charge in [0.2, 0.25) is 5.91 Å². The van der Waals surface area contributed by atoms with Crippen LogP contribution in [0.4, 0.5) is 0 Å². The average molecular weight is 438 g/mol. The van der Waals surface area contributed by atoms with Gasteiger partial charge in [0.15, 0.2) is 5.69 Å². The van der Waals surface area contributed by atoms with E-state index in [0.717, 1.165) is 36.8 Å². The molecule has 8 nitrogen and oxygen atoms in total. The fraction of sp³-hybridized carbons (Fsp3) is 0.500. The van der Waals surface area contributed by atoms with Crippen LogP contribution in [0.5, 0.6) is 0 Å². The summed E-state index contributed by atoms with van der Waals surface area (Å²) >= 11 is 0. The number of aromatic nitrogens is 2. The number of carbonyl (C=O) groups is 3. The summed E-state index contributed by atoms with van der Waals surface area (Å²) in [6.07, 6.45) is 4.17. The molecule has 32 heavy (non-hydrogen) atoms. The predicted octanol–water partition coefficient (Wildman–Crippen LogP) is 2.41. The van der Waals surface area contributed by atoms with Crippen LogP contribution in [0.1, 0.15) is 71.6 Å². The maximum absolute atomic E-state index is 13.2. The Labute approximate surface area is 188 Å². The van der Waals surface area contributed by atoms with Crippen LogP contribution in [-0.4, -0.2) is 50.5 Å². The second kappa shape index (κ2) is 8.76. The Morgan fingerprint density at radius 3 is 2.66 bits per heavy atom. The van der Waals surface area contributed by atoms with Gasteiger partial charge in [0.25, 0.3) is 11.8 Å². The van der Waals surface area contributed by atoms with E-state index in [1.54, 1.807) is 11.8 Å². The molecular weight excluding hydrogens is 406 g/mol. The van der Waals surface area contributed by atoms with Crippen molar-refractivity contribution < 1.29 is 14.4 Å². The Bertz CT molecular complexity index is 1040. The fourth-order valence-electron chi connectivity index (χ4n) is 4.75. The Morgan fingerprint density at radius 2 is 1.97 bits per heavy atom. The number of rotatable bonds is 6. The van der Waals surface area contributed by atoms with Crippen LogP contribution in [0.15, 0.2) is 30.3 Å². The minimum Gasteiger partial charge on any atom is -0.351 e. The molecule has 0 radical (unpaired) electrons. The van der Waals surface area contributed by atoms with Crippen molar-refractivity contribution in [3.05, 3.63) is 52.8 Å². The molecule has 2 N–H and O–H groups in total. The molecule has 1 atom stereocenters. The molecule has 2 aromatic rings. The number of benzene rings is 1. The Kier molecular flexibility index (Phi) is 6.04. The SMILES string of the molecule is CCN1C(=O)c2cc(C(=O)NCc3cccc(C)c3)nn2CC1(C)C(=O)NC1CCCC1. The van der Waals surface area contributed by atoms with Crippen molar-refractivity contribution >= 4 is 17.7 Å². The molecule has 1 aliphatic heterocycles. The van der Waals surface area contributed by atoms with Crippen molar-refractivity contribution in [2.45, 2.75) is 71.1 Å². The summed E-state index contributed by atoms with van der Waals surface area (Å²) in [5, 5.41) is 10.4. The molecule has 1 saturated carbocycles. The highest BCUT2D eigenvalue weighted by Crippen LogP contribution is 2.28. The van der Waals surface area contributed by atoms with E-state index in [2.05, 4.69) is 15.7 Å². The molecule has 1 unspecified atom stereocenters. The summed E-state index contributed by atoms with van der Waals surface area (Å²) in [6.45, 7) is 6.62. The first-order valence-corrected chi connectivity index (χ1v) is 11.4. The standard InChI is InChI=1S/C24H31N5O3/c1-4-28-22(31)20-13-19(21(30)25-14-17-9-7-8-16(2)12-17)27-29(20)15-24(28,3)23(32)26-18-10-5-6-11-18/h7-9,12-13,18H,4-6,10-11,14-15H2,1-3H3,(H,25,30)(H,26,32). The second-order valence-corrected chi connectivity index (χ2v) is 9.02. The van der Waals surface area contributed by atoms with Crippen molar-refractivity contribution in [3.63, 3.8) is 0 Å². The number of amides is 3. The third-order valence-electron chi connectivity index (χ3n) is 6.56. The summed E-state index contributed by atoms with van der Waals surface area (Å²) in [5.74, 6) is -0.791. The van der Waals surface area contributed by atoms with Crippen molar-refractivity contribution in [3.8, 4) is 0 Å². The van der Waals surface area contributed by atoms with E-state index >= 15 is 0 Å². The number of likely N-dealkylation sites (N-methyl/N-ethyl adjacent to an activating group) is 1. The van der Waals surface area contributed by atoms with Crippen LogP contribution in [0, 0.1) is 6.92 Å². The number of fused-ring (bicyclic) bond motifs is 1. The predicted molar refractivity (Wildman–Crippen MR) is 120 cm³/mol. The summed E-state index contributed by atoms with van der Waals surface area (Å²) in [6, 6.07) is 9.58. The molecule has 8 heteroatoms. The molecule has 1 aliphatic carbocycles. The Hall–Kier alpha value is -3.16. The van der Waals surface area contributed by atoms with E-state index in [1.165, 1.54) is 10.7 Å². The van der Waals surface area contributed by atoms with Gasteiger partial charge >= 0.3 is 0 Å². The number of nitrogens with zero attached hydrogens (tertiary/aromatic N) is 3. The van der Waals surface area contributed by atoms with Crippen LogP contribution < -0.4 is 10.6 Å². The van der Waals surface area contributed by atoms with Crippen LogP contribution in [0.3, 0.4) is 0 Å². The van der Waals surface area contributed by atoms with Gasteiger partial charge in [0.05, 0.1) is 6.54 Å². The first-order chi connectivity index (χ1) is 15.3. The molecule has 4 rings (SSSR count). The monoisotopic (exact) mass is 437 g/mol. The normalized spacial score (nSPS) is 20.8. The highest BCUT2D eigenvalue weighted by atomic mass is 16.2. The van der Waals surface area contributed by atoms with Crippen LogP contribution >= 0.6 is 0 Å². The molecule has 0 spiro atoms. The lowest BCUT2D eigenvalue weighted by molar-refractivity contribution is -0.133. The van der Waals surface area contributed by atoms with E-state index in [0.29, 0.717) is 18.8 Å². The number of aryl methyl sites for hydroxylation is 1. The lowest BCUT2D eigenvalue weighted by atomic mass is 9.94. The lowest BCUT2D eigenvalue weighted by Gasteiger charge is -2.43. The van der Waals surface area contributed by atoms with Gasteiger partial charge < -0.3 is 15.5 Å². The van der Waals surface area contributed by atoms with Crippen LogP contribution in [-0.2, 0) is 17.9 Å². The van der Waals surface area contributed by atoms with E-state index in [4.69, 9.17) is 0 Å². The second-order valence-electron chi connectivity index (χ2n) is 9.02. The molecule has 3 amide bonds. The van der Waals surface area contributed by atoms with Crippen LogP contribution in [0.2, 0.25) is 0 Å². The van der Waals surface area contributed by atoms with Gasteiger partial charge in [-0.05, 0) is 39.2 Å². The molecule has 0 saturated heterocycles. The van der Waals surface area contributed by atoms with Crippen molar-refractivity contribution in [2.24, 2.45) is 0 Å². The van der Waals surface area contributed by atoms with Gasteiger partial charge in [-0.25, -0.2) is 0 Å². The van der Waals surface area contributed by atoms with Gasteiger partial charge in [-0.3, -0.25) is 19.1 Å². The number of carbonyl (C=O) groups excluding carboxylic acids is 3. The zero-order valence-corrected chi connectivity index (χ0v) is 19.0. The molecule has 1 aromatic carbocycles. The van der Waals surface area contributed by atoms with E-state index in [1.807, 2.05) is 38.1 Å². The van der Waals surface area contributed by atoms with Gasteiger partial charge in [0.1, 0.15) is 11.2 Å². The maximum Gasteiger partial charge on any atom is 0.273 e. The third kappa shape index (κ3) is 4.13. The Morgan fingerprint density at radius 1 is 1.22 bits per heavy atom. The van der Waals surface area contributed by atoms with Gasteiger partial charge in [-0.1, -0.05) is 42.7 Å². The number of nitrogens with one attached hydrogen (secondary N) is 2. The zero-order valence-electron chi connectivity index (χ0n) is 19.0. The van der Waals surface area contributed by atoms with Gasteiger partial charge in [0, 0.05) is 25.2 Å². The Balaban J connectivity index is 1.52. The van der Waals surface area contributed by atoms with E-state index in [-0.39, 0.29) is 36.0 Å². The summed E-state index contributed by atoms with van der Waals surface area (Å²) in [4.78, 5) is 40.7.